The zero-order valence-corrected chi connectivity index (χ0v) is 9.67. The van der Waals surface area contributed by atoms with Crippen molar-refractivity contribution >= 4 is 23.5 Å². The highest BCUT2D eigenvalue weighted by molar-refractivity contribution is 7.98. The summed E-state index contributed by atoms with van der Waals surface area (Å²) in [5.74, 6) is 1.70. The first-order valence-electron chi connectivity index (χ1n) is 4.65. The largest absolute Gasteiger partial charge is 0.484 e. The standard InChI is InChI=1S/C9H13N3O3S/c1-15-8(10)4-5-16-6-7-2-3-9(11-7)12(13)14/h2-3,10-11H,4-6H2,1H3. The van der Waals surface area contributed by atoms with E-state index in [1.165, 1.54) is 13.2 Å². The van der Waals surface area contributed by atoms with Crippen LogP contribution in [-0.4, -0.2) is 28.7 Å². The molecule has 0 radical (unpaired) electrons. The van der Waals surface area contributed by atoms with Crippen LogP contribution in [0.3, 0.4) is 0 Å². The van der Waals surface area contributed by atoms with Gasteiger partial charge in [0.2, 0.25) is 0 Å². The van der Waals surface area contributed by atoms with E-state index in [0.717, 1.165) is 11.4 Å². The minimum absolute atomic E-state index is 0.0141. The number of nitrogens with one attached hydrogen (secondary N) is 2. The molecule has 2 N–H and O–H groups in total. The molecule has 0 fully saturated rings. The van der Waals surface area contributed by atoms with Gasteiger partial charge in [-0.2, -0.15) is 11.8 Å². The normalized spacial score (nSPS) is 10.1. The molecule has 1 aromatic heterocycles. The Morgan fingerprint density at radius 2 is 2.44 bits per heavy atom. The Labute approximate surface area is 97.0 Å². The van der Waals surface area contributed by atoms with Crippen LogP contribution in [0.1, 0.15) is 12.1 Å². The first-order valence-corrected chi connectivity index (χ1v) is 5.80. The lowest BCUT2D eigenvalue weighted by Crippen LogP contribution is -2.00. The first kappa shape index (κ1) is 12.6. The Morgan fingerprint density at radius 3 is 3.00 bits per heavy atom. The maximum Gasteiger partial charge on any atom is 0.321 e. The Hall–Kier alpha value is -1.50. The molecule has 1 heterocycles. The number of nitrogens with zero attached hydrogens (tertiary/aromatic N) is 1. The van der Waals surface area contributed by atoms with E-state index in [4.69, 9.17) is 10.1 Å². The number of hydrogen-bond donors (Lipinski definition) is 2. The minimum Gasteiger partial charge on any atom is -0.484 e. The van der Waals surface area contributed by atoms with Crippen LogP contribution in [-0.2, 0) is 10.5 Å². The van der Waals surface area contributed by atoms with E-state index in [1.54, 1.807) is 17.8 Å². The molecule has 0 spiro atoms. The highest BCUT2D eigenvalue weighted by atomic mass is 32.2. The van der Waals surface area contributed by atoms with Gasteiger partial charge < -0.3 is 14.9 Å². The van der Waals surface area contributed by atoms with Gasteiger partial charge in [-0.1, -0.05) is 0 Å². The maximum absolute atomic E-state index is 10.4. The van der Waals surface area contributed by atoms with Gasteiger partial charge in [-0.3, -0.25) is 5.41 Å². The summed E-state index contributed by atoms with van der Waals surface area (Å²) in [6, 6.07) is 3.15. The first-order chi connectivity index (χ1) is 7.63. The number of thioether (sulfide) groups is 1. The molecular weight excluding hydrogens is 230 g/mol. The van der Waals surface area contributed by atoms with Crippen LogP contribution < -0.4 is 0 Å². The Balaban J connectivity index is 2.27. The number of hydrogen-bond acceptors (Lipinski definition) is 5. The quantitative estimate of drug-likeness (QED) is 0.263. The molecule has 0 bridgehead atoms. The van der Waals surface area contributed by atoms with Crippen LogP contribution in [0.15, 0.2) is 12.1 Å². The van der Waals surface area contributed by atoms with Crippen molar-refractivity contribution in [2.24, 2.45) is 0 Å². The molecule has 0 amide bonds. The molecule has 0 saturated heterocycles. The summed E-state index contributed by atoms with van der Waals surface area (Å²) < 4.78 is 4.71. The molecule has 0 aromatic carbocycles. The summed E-state index contributed by atoms with van der Waals surface area (Å²) >= 11 is 1.60. The van der Waals surface area contributed by atoms with Gasteiger partial charge in [0.1, 0.15) is 5.69 Å². The van der Waals surface area contributed by atoms with Crippen molar-refractivity contribution < 1.29 is 9.66 Å². The predicted octanol–water partition coefficient (Wildman–Crippen LogP) is 2.17. The van der Waals surface area contributed by atoms with Gasteiger partial charge >= 0.3 is 5.82 Å². The van der Waals surface area contributed by atoms with Crippen molar-refractivity contribution in [3.63, 3.8) is 0 Å². The number of H-pyrrole nitrogens is 1. The summed E-state index contributed by atoms with van der Waals surface area (Å²) in [6.07, 6.45) is 0.573. The highest BCUT2D eigenvalue weighted by Crippen LogP contribution is 2.16. The molecule has 0 aliphatic carbocycles. The SMILES string of the molecule is COC(=N)CCSCc1ccc([N+](=O)[O-])[nH]1. The molecule has 1 aromatic rings. The minimum atomic E-state index is -0.450. The van der Waals surface area contributed by atoms with E-state index in [9.17, 15) is 10.1 Å². The fraction of sp³-hybridized carbons (Fsp3) is 0.444. The topological polar surface area (TPSA) is 92.0 Å². The molecule has 6 nitrogen and oxygen atoms in total. The van der Waals surface area contributed by atoms with Gasteiger partial charge in [-0.25, -0.2) is 4.98 Å². The third-order valence-electron chi connectivity index (χ3n) is 1.91. The number of nitro groups is 1. The summed E-state index contributed by atoms with van der Waals surface area (Å²) in [5.41, 5.74) is 0.820. The Bertz CT molecular complexity index is 378. The zero-order valence-electron chi connectivity index (χ0n) is 8.86. The van der Waals surface area contributed by atoms with Gasteiger partial charge in [0.05, 0.1) is 12.9 Å². The van der Waals surface area contributed by atoms with Gasteiger partial charge in [0, 0.05) is 18.2 Å². The number of rotatable bonds is 6. The van der Waals surface area contributed by atoms with Crippen LogP contribution >= 0.6 is 11.8 Å². The number of aromatic nitrogens is 1. The molecule has 88 valence electrons. The fourth-order valence-electron chi connectivity index (χ4n) is 1.07. The Morgan fingerprint density at radius 1 is 1.69 bits per heavy atom. The number of ether oxygens (including phenoxy) is 1. The van der Waals surface area contributed by atoms with E-state index in [-0.39, 0.29) is 11.7 Å². The van der Waals surface area contributed by atoms with Crippen LogP contribution in [0.5, 0.6) is 0 Å². The second-order valence-corrected chi connectivity index (χ2v) is 4.16. The van der Waals surface area contributed by atoms with E-state index in [0.29, 0.717) is 12.2 Å². The van der Waals surface area contributed by atoms with Crippen molar-refractivity contribution in [2.75, 3.05) is 12.9 Å². The lowest BCUT2D eigenvalue weighted by atomic mass is 10.5. The summed E-state index contributed by atoms with van der Waals surface area (Å²) in [6.45, 7) is 0. The smallest absolute Gasteiger partial charge is 0.321 e. The average Bonchev–Trinajstić information content (AvgIpc) is 2.72. The zero-order chi connectivity index (χ0) is 12.0. The van der Waals surface area contributed by atoms with E-state index in [1.807, 2.05) is 0 Å². The van der Waals surface area contributed by atoms with E-state index < -0.39 is 4.92 Å². The third-order valence-corrected chi connectivity index (χ3v) is 2.91. The molecule has 16 heavy (non-hydrogen) atoms. The average molecular weight is 243 g/mol. The molecular formula is C9H13N3O3S. The van der Waals surface area contributed by atoms with E-state index >= 15 is 0 Å². The highest BCUT2D eigenvalue weighted by Gasteiger charge is 2.07. The van der Waals surface area contributed by atoms with Crippen molar-refractivity contribution in [2.45, 2.75) is 12.2 Å². The van der Waals surface area contributed by atoms with Gasteiger partial charge in [0.15, 0.2) is 5.90 Å². The molecule has 0 aliphatic heterocycles. The second-order valence-electron chi connectivity index (χ2n) is 3.06. The third kappa shape index (κ3) is 3.93. The van der Waals surface area contributed by atoms with Crippen molar-refractivity contribution in [1.82, 2.24) is 4.98 Å². The van der Waals surface area contributed by atoms with Crippen LogP contribution in [0.25, 0.3) is 0 Å². The van der Waals surface area contributed by atoms with Crippen LogP contribution in [0.2, 0.25) is 0 Å². The molecule has 1 rings (SSSR count). The molecule has 0 saturated carbocycles. The lowest BCUT2D eigenvalue weighted by molar-refractivity contribution is -0.389. The second kappa shape index (κ2) is 6.16. The predicted molar refractivity (Wildman–Crippen MR) is 63.0 cm³/mol. The van der Waals surface area contributed by atoms with Gasteiger partial charge in [0.25, 0.3) is 0 Å². The molecule has 0 atom stereocenters. The molecule has 0 unspecified atom stereocenters. The monoisotopic (exact) mass is 243 g/mol. The van der Waals surface area contributed by atoms with Crippen molar-refractivity contribution in [3.8, 4) is 0 Å². The molecule has 0 aliphatic rings. The summed E-state index contributed by atoms with van der Waals surface area (Å²) in [4.78, 5) is 12.7. The summed E-state index contributed by atoms with van der Waals surface area (Å²) in [7, 11) is 1.47. The Kier molecular flexibility index (Phi) is 4.84. The van der Waals surface area contributed by atoms with Gasteiger partial charge in [-0.15, -0.1) is 0 Å². The summed E-state index contributed by atoms with van der Waals surface area (Å²) in [5, 5.41) is 17.6. The fourth-order valence-corrected chi connectivity index (χ4v) is 1.93. The maximum atomic E-state index is 10.4. The van der Waals surface area contributed by atoms with Gasteiger partial charge in [-0.05, 0) is 11.0 Å². The van der Waals surface area contributed by atoms with E-state index in [2.05, 4.69) is 4.98 Å². The lowest BCUT2D eigenvalue weighted by Gasteiger charge is -2.00. The van der Waals surface area contributed by atoms with Crippen molar-refractivity contribution in [1.29, 1.82) is 5.41 Å². The van der Waals surface area contributed by atoms with Crippen molar-refractivity contribution in [3.05, 3.63) is 27.9 Å². The van der Waals surface area contributed by atoms with Crippen LogP contribution in [0.4, 0.5) is 5.82 Å². The number of aromatic amines is 1. The molecule has 7 heteroatoms. The van der Waals surface area contributed by atoms with Crippen LogP contribution in [0, 0.1) is 15.5 Å². The number of methoxy groups -OCH3 is 1.